The highest BCUT2D eigenvalue weighted by Crippen LogP contribution is 2.28. The monoisotopic (exact) mass is 236 g/mol. The third-order valence-electron chi connectivity index (χ3n) is 3.48. The number of rotatable bonds is 2. The van der Waals surface area contributed by atoms with Crippen LogP contribution in [0.3, 0.4) is 0 Å². The van der Waals surface area contributed by atoms with Crippen LogP contribution in [0.2, 0.25) is 0 Å². The second kappa shape index (κ2) is 4.31. The SMILES string of the molecule is Cc1ccccc1C(N)c1c[nH]c2ccccc12. The third-order valence-corrected chi connectivity index (χ3v) is 3.48. The predicted molar refractivity (Wildman–Crippen MR) is 75.5 cm³/mol. The van der Waals surface area contributed by atoms with Crippen LogP contribution in [0, 0.1) is 6.92 Å². The second-order valence-corrected chi connectivity index (χ2v) is 4.62. The van der Waals surface area contributed by atoms with E-state index in [1.54, 1.807) is 0 Å². The molecule has 3 rings (SSSR count). The molecule has 1 unspecified atom stereocenters. The van der Waals surface area contributed by atoms with Crippen molar-refractivity contribution in [2.24, 2.45) is 5.73 Å². The molecule has 1 atom stereocenters. The minimum absolute atomic E-state index is 0.0812. The normalized spacial score (nSPS) is 12.8. The Balaban J connectivity index is 2.13. The Morgan fingerprint density at radius 2 is 1.67 bits per heavy atom. The molecule has 0 fully saturated rings. The van der Waals surface area contributed by atoms with Gasteiger partial charge in [-0.2, -0.15) is 0 Å². The Hall–Kier alpha value is -2.06. The lowest BCUT2D eigenvalue weighted by Gasteiger charge is -2.14. The number of aromatic nitrogens is 1. The van der Waals surface area contributed by atoms with Crippen molar-refractivity contribution < 1.29 is 0 Å². The lowest BCUT2D eigenvalue weighted by Crippen LogP contribution is -2.12. The summed E-state index contributed by atoms with van der Waals surface area (Å²) >= 11 is 0. The summed E-state index contributed by atoms with van der Waals surface area (Å²) < 4.78 is 0. The molecule has 18 heavy (non-hydrogen) atoms. The molecule has 0 amide bonds. The van der Waals surface area contributed by atoms with E-state index in [0.29, 0.717) is 0 Å². The van der Waals surface area contributed by atoms with E-state index in [2.05, 4.69) is 36.2 Å². The van der Waals surface area contributed by atoms with Gasteiger partial charge in [-0.25, -0.2) is 0 Å². The standard InChI is InChI=1S/C16H16N2/c1-11-6-2-3-7-12(11)16(17)14-10-18-15-9-5-4-8-13(14)15/h2-10,16,18H,17H2,1H3. The van der Waals surface area contributed by atoms with Crippen LogP contribution in [0.15, 0.2) is 54.7 Å². The molecule has 1 aromatic heterocycles. The van der Waals surface area contributed by atoms with Gasteiger partial charge in [0.2, 0.25) is 0 Å². The van der Waals surface area contributed by atoms with Gasteiger partial charge in [0, 0.05) is 17.1 Å². The Labute approximate surface area is 106 Å². The van der Waals surface area contributed by atoms with E-state index in [0.717, 1.165) is 11.1 Å². The first-order valence-corrected chi connectivity index (χ1v) is 6.14. The summed E-state index contributed by atoms with van der Waals surface area (Å²) in [6.07, 6.45) is 2.02. The summed E-state index contributed by atoms with van der Waals surface area (Å²) in [6, 6.07) is 16.5. The quantitative estimate of drug-likeness (QED) is 0.702. The van der Waals surface area contributed by atoms with Crippen LogP contribution >= 0.6 is 0 Å². The Morgan fingerprint density at radius 3 is 2.50 bits per heavy atom. The average Bonchev–Trinajstić information content (AvgIpc) is 2.82. The molecule has 0 aliphatic carbocycles. The molecule has 0 radical (unpaired) electrons. The minimum Gasteiger partial charge on any atom is -0.361 e. The zero-order valence-corrected chi connectivity index (χ0v) is 10.4. The number of H-pyrrole nitrogens is 1. The van der Waals surface area contributed by atoms with Crippen molar-refractivity contribution in [1.82, 2.24) is 4.98 Å². The molecule has 0 bridgehead atoms. The molecular weight excluding hydrogens is 220 g/mol. The molecule has 1 heterocycles. The molecule has 0 spiro atoms. The van der Waals surface area contributed by atoms with Crippen molar-refractivity contribution in [1.29, 1.82) is 0 Å². The molecular formula is C16H16N2. The number of para-hydroxylation sites is 1. The highest BCUT2D eigenvalue weighted by molar-refractivity contribution is 5.84. The van der Waals surface area contributed by atoms with Crippen LogP contribution in [-0.4, -0.2) is 4.98 Å². The molecule has 3 aromatic rings. The molecule has 3 N–H and O–H groups in total. The van der Waals surface area contributed by atoms with Crippen molar-refractivity contribution in [2.45, 2.75) is 13.0 Å². The number of fused-ring (bicyclic) bond motifs is 1. The van der Waals surface area contributed by atoms with E-state index in [9.17, 15) is 0 Å². The molecule has 0 aliphatic heterocycles. The first-order chi connectivity index (χ1) is 8.77. The topological polar surface area (TPSA) is 41.8 Å². The van der Waals surface area contributed by atoms with Crippen LogP contribution < -0.4 is 5.73 Å². The first kappa shape index (κ1) is 11.1. The third kappa shape index (κ3) is 1.71. The van der Waals surface area contributed by atoms with Gasteiger partial charge in [0.1, 0.15) is 0 Å². The summed E-state index contributed by atoms with van der Waals surface area (Å²) in [5, 5.41) is 1.20. The van der Waals surface area contributed by atoms with E-state index in [1.165, 1.54) is 16.5 Å². The number of hydrogen-bond donors (Lipinski definition) is 2. The van der Waals surface area contributed by atoms with E-state index < -0.39 is 0 Å². The highest BCUT2D eigenvalue weighted by Gasteiger charge is 2.14. The number of benzene rings is 2. The maximum Gasteiger partial charge on any atom is 0.0575 e. The lowest BCUT2D eigenvalue weighted by molar-refractivity contribution is 0.870. The summed E-state index contributed by atoms with van der Waals surface area (Å²) in [5.74, 6) is 0. The van der Waals surface area contributed by atoms with Crippen molar-refractivity contribution in [3.05, 3.63) is 71.4 Å². The molecule has 0 aliphatic rings. The molecule has 0 saturated carbocycles. The predicted octanol–water partition coefficient (Wildman–Crippen LogP) is 3.52. The highest BCUT2D eigenvalue weighted by atomic mass is 14.7. The van der Waals surface area contributed by atoms with E-state index in [4.69, 9.17) is 5.73 Å². The van der Waals surface area contributed by atoms with E-state index >= 15 is 0 Å². The zero-order chi connectivity index (χ0) is 12.5. The Bertz CT molecular complexity index is 682. The van der Waals surface area contributed by atoms with Crippen LogP contribution in [0.25, 0.3) is 10.9 Å². The van der Waals surface area contributed by atoms with Crippen molar-refractivity contribution in [3.8, 4) is 0 Å². The molecule has 0 saturated heterocycles. The van der Waals surface area contributed by atoms with Crippen molar-refractivity contribution in [2.75, 3.05) is 0 Å². The number of nitrogens with two attached hydrogens (primary N) is 1. The van der Waals surface area contributed by atoms with Gasteiger partial charge in [-0.15, -0.1) is 0 Å². The Kier molecular flexibility index (Phi) is 2.65. The maximum atomic E-state index is 6.41. The number of nitrogens with one attached hydrogen (secondary N) is 1. The summed E-state index contributed by atoms with van der Waals surface area (Å²) in [7, 11) is 0. The largest absolute Gasteiger partial charge is 0.361 e. The number of aromatic amines is 1. The minimum atomic E-state index is -0.0812. The van der Waals surface area contributed by atoms with Crippen LogP contribution in [0.4, 0.5) is 0 Å². The Morgan fingerprint density at radius 1 is 0.944 bits per heavy atom. The smallest absolute Gasteiger partial charge is 0.0575 e. The first-order valence-electron chi connectivity index (χ1n) is 6.14. The van der Waals surface area contributed by atoms with Gasteiger partial charge >= 0.3 is 0 Å². The molecule has 90 valence electrons. The van der Waals surface area contributed by atoms with Crippen LogP contribution in [0.1, 0.15) is 22.7 Å². The van der Waals surface area contributed by atoms with E-state index in [1.807, 2.05) is 30.5 Å². The number of aryl methyl sites for hydroxylation is 1. The summed E-state index contributed by atoms with van der Waals surface area (Å²) in [4.78, 5) is 3.28. The van der Waals surface area contributed by atoms with Gasteiger partial charge in [-0.05, 0) is 29.7 Å². The summed E-state index contributed by atoms with van der Waals surface area (Å²) in [5.41, 5.74) is 11.1. The van der Waals surface area contributed by atoms with Gasteiger partial charge < -0.3 is 10.7 Å². The van der Waals surface area contributed by atoms with Gasteiger partial charge in [0.15, 0.2) is 0 Å². The fourth-order valence-electron chi connectivity index (χ4n) is 2.45. The van der Waals surface area contributed by atoms with E-state index in [-0.39, 0.29) is 6.04 Å². The molecule has 2 nitrogen and oxygen atoms in total. The maximum absolute atomic E-state index is 6.41. The lowest BCUT2D eigenvalue weighted by atomic mass is 9.95. The van der Waals surface area contributed by atoms with Crippen molar-refractivity contribution >= 4 is 10.9 Å². The number of hydrogen-bond acceptors (Lipinski definition) is 1. The summed E-state index contributed by atoms with van der Waals surface area (Å²) in [6.45, 7) is 2.10. The van der Waals surface area contributed by atoms with Crippen LogP contribution in [0.5, 0.6) is 0 Å². The van der Waals surface area contributed by atoms with Gasteiger partial charge in [-0.3, -0.25) is 0 Å². The van der Waals surface area contributed by atoms with Gasteiger partial charge in [-0.1, -0.05) is 42.5 Å². The second-order valence-electron chi connectivity index (χ2n) is 4.62. The van der Waals surface area contributed by atoms with Gasteiger partial charge in [0.05, 0.1) is 6.04 Å². The molecule has 2 aromatic carbocycles. The fraction of sp³-hybridized carbons (Fsp3) is 0.125. The van der Waals surface area contributed by atoms with Crippen LogP contribution in [-0.2, 0) is 0 Å². The molecule has 2 heteroatoms. The zero-order valence-electron chi connectivity index (χ0n) is 10.4. The average molecular weight is 236 g/mol. The van der Waals surface area contributed by atoms with Gasteiger partial charge in [0.25, 0.3) is 0 Å². The fourth-order valence-corrected chi connectivity index (χ4v) is 2.45. The van der Waals surface area contributed by atoms with Crippen molar-refractivity contribution in [3.63, 3.8) is 0 Å².